The number of aliphatic carboxylic acids is 1. The molecule has 0 aromatic carbocycles. The van der Waals surface area contributed by atoms with Gasteiger partial charge in [0.05, 0.1) is 0 Å². The zero-order chi connectivity index (χ0) is 15.4. The Morgan fingerprint density at radius 3 is 1.74 bits per heavy atom. The zero-order valence-corrected chi connectivity index (χ0v) is 9.55. The van der Waals surface area contributed by atoms with Crippen LogP contribution in [-0.4, -0.2) is 65.9 Å². The summed E-state index contributed by atoms with van der Waals surface area (Å²) in [5, 5.41) is 8.34. The summed E-state index contributed by atoms with van der Waals surface area (Å²) in [6.07, 6.45) is -9.71. The van der Waals surface area contributed by atoms with E-state index < -0.39 is 44.0 Å². The van der Waals surface area contributed by atoms with Crippen molar-refractivity contribution >= 4 is 12.0 Å². The fourth-order valence-electron chi connectivity index (χ4n) is 1.15. The molecule has 0 aliphatic carbocycles. The highest BCUT2D eigenvalue weighted by molar-refractivity contribution is 5.80. The van der Waals surface area contributed by atoms with Crippen LogP contribution in [0.4, 0.5) is 31.1 Å². The molecular formula is C8H10F6N2O3. The van der Waals surface area contributed by atoms with E-state index in [-0.39, 0.29) is 9.80 Å². The molecule has 5 nitrogen and oxygen atoms in total. The molecule has 11 heteroatoms. The van der Waals surface area contributed by atoms with E-state index >= 15 is 0 Å². The molecule has 0 heterocycles. The second-order valence-corrected chi connectivity index (χ2v) is 3.62. The van der Waals surface area contributed by atoms with Crippen molar-refractivity contribution in [2.24, 2.45) is 0 Å². The number of nitrogens with zero attached hydrogens (tertiary/aromatic N) is 2. The van der Waals surface area contributed by atoms with Crippen molar-refractivity contribution in [3.8, 4) is 0 Å². The Morgan fingerprint density at radius 2 is 1.42 bits per heavy atom. The lowest BCUT2D eigenvalue weighted by molar-refractivity contribution is -0.152. The largest absolute Gasteiger partial charge is 0.480 e. The number of carboxylic acids is 1. The number of halogens is 6. The molecule has 19 heavy (non-hydrogen) atoms. The SMILES string of the molecule is CN(CC(F)(F)F)C(=O)N(CC(=O)O)CC(F)(F)F. The molecule has 0 fully saturated rings. The molecule has 0 aliphatic rings. The van der Waals surface area contributed by atoms with Gasteiger partial charge >= 0.3 is 24.4 Å². The molecule has 0 unspecified atom stereocenters. The number of hydrogen-bond acceptors (Lipinski definition) is 2. The van der Waals surface area contributed by atoms with Gasteiger partial charge in [-0.05, 0) is 0 Å². The summed E-state index contributed by atoms with van der Waals surface area (Å²) in [7, 11) is 0.626. The number of rotatable bonds is 4. The first kappa shape index (κ1) is 17.3. The molecule has 0 radical (unpaired) electrons. The number of carboxylic acid groups (broad SMARTS) is 1. The highest BCUT2D eigenvalue weighted by Crippen LogP contribution is 2.19. The lowest BCUT2D eigenvalue weighted by Gasteiger charge is -2.28. The van der Waals surface area contributed by atoms with Crippen LogP contribution in [0.5, 0.6) is 0 Å². The molecule has 0 saturated carbocycles. The summed E-state index contributed by atoms with van der Waals surface area (Å²) < 4.78 is 72.2. The Kier molecular flexibility index (Phi) is 5.45. The third-order valence-electron chi connectivity index (χ3n) is 1.71. The summed E-state index contributed by atoms with van der Waals surface area (Å²) in [6, 6.07) is -1.67. The second kappa shape index (κ2) is 5.97. The van der Waals surface area contributed by atoms with Gasteiger partial charge in [0.2, 0.25) is 0 Å². The minimum absolute atomic E-state index is 0.0331. The number of carbonyl (C=O) groups is 2. The summed E-state index contributed by atoms with van der Waals surface area (Å²) in [5.41, 5.74) is 0. The predicted molar refractivity (Wildman–Crippen MR) is 49.3 cm³/mol. The fraction of sp³-hybridized carbons (Fsp3) is 0.750. The van der Waals surface area contributed by atoms with Crippen molar-refractivity contribution in [1.82, 2.24) is 9.80 Å². The van der Waals surface area contributed by atoms with Crippen LogP contribution in [0.15, 0.2) is 0 Å². The number of alkyl halides is 6. The Hall–Kier alpha value is -1.68. The molecule has 112 valence electrons. The normalized spacial score (nSPS) is 12.2. The van der Waals surface area contributed by atoms with Crippen molar-refractivity contribution in [2.75, 3.05) is 26.7 Å². The van der Waals surface area contributed by atoms with Gasteiger partial charge < -0.3 is 14.9 Å². The molecule has 1 N–H and O–H groups in total. The quantitative estimate of drug-likeness (QED) is 0.801. The molecule has 0 spiro atoms. The molecule has 0 aromatic heterocycles. The summed E-state index contributed by atoms with van der Waals surface area (Å²) >= 11 is 0. The Labute approximate surface area is 103 Å². The monoisotopic (exact) mass is 296 g/mol. The first-order valence-electron chi connectivity index (χ1n) is 4.67. The molecular weight excluding hydrogens is 286 g/mol. The van der Waals surface area contributed by atoms with Crippen molar-refractivity contribution in [3.05, 3.63) is 0 Å². The second-order valence-electron chi connectivity index (χ2n) is 3.62. The van der Waals surface area contributed by atoms with E-state index in [0.29, 0.717) is 7.05 Å². The van der Waals surface area contributed by atoms with Gasteiger partial charge in [-0.1, -0.05) is 0 Å². The Balaban J connectivity index is 4.85. The van der Waals surface area contributed by atoms with E-state index in [9.17, 15) is 35.9 Å². The van der Waals surface area contributed by atoms with Gasteiger partial charge in [0.15, 0.2) is 0 Å². The van der Waals surface area contributed by atoms with Gasteiger partial charge in [-0.3, -0.25) is 4.79 Å². The molecule has 0 aliphatic heterocycles. The van der Waals surface area contributed by atoms with Crippen molar-refractivity contribution < 1.29 is 41.0 Å². The molecule has 0 saturated heterocycles. The summed E-state index contributed by atoms with van der Waals surface area (Å²) in [4.78, 5) is 21.4. The van der Waals surface area contributed by atoms with E-state index in [1.807, 2.05) is 0 Å². The number of hydrogen-bond donors (Lipinski definition) is 1. The van der Waals surface area contributed by atoms with Gasteiger partial charge in [0.25, 0.3) is 0 Å². The Bertz CT molecular complexity index is 340. The minimum Gasteiger partial charge on any atom is -0.480 e. The van der Waals surface area contributed by atoms with Crippen LogP contribution in [0.3, 0.4) is 0 Å². The number of carbonyl (C=O) groups excluding carboxylic acids is 1. The topological polar surface area (TPSA) is 60.9 Å². The fourth-order valence-corrected chi connectivity index (χ4v) is 1.15. The number of urea groups is 1. The standard InChI is InChI=1S/C8H10F6N2O3/c1-15(3-7(9,10)11)6(19)16(2-5(17)18)4-8(12,13)14/h2-4H2,1H3,(H,17,18). The lowest BCUT2D eigenvalue weighted by Crippen LogP contribution is -2.49. The maximum atomic E-state index is 12.1. The van der Waals surface area contributed by atoms with Crippen LogP contribution < -0.4 is 0 Å². The van der Waals surface area contributed by atoms with Crippen LogP contribution in [0.25, 0.3) is 0 Å². The van der Waals surface area contributed by atoms with E-state index in [1.165, 1.54) is 0 Å². The van der Waals surface area contributed by atoms with E-state index in [1.54, 1.807) is 0 Å². The molecule has 0 rings (SSSR count). The predicted octanol–water partition coefficient (Wildman–Crippen LogP) is 1.55. The van der Waals surface area contributed by atoms with Gasteiger partial charge in [-0.25, -0.2) is 4.79 Å². The zero-order valence-electron chi connectivity index (χ0n) is 9.55. The average Bonchev–Trinajstić information content (AvgIpc) is 2.09. The van der Waals surface area contributed by atoms with Gasteiger partial charge in [0, 0.05) is 7.05 Å². The maximum absolute atomic E-state index is 12.1. The first-order chi connectivity index (χ1) is 8.32. The third kappa shape index (κ3) is 8.11. The molecule has 0 atom stereocenters. The van der Waals surface area contributed by atoms with Crippen LogP contribution >= 0.6 is 0 Å². The van der Waals surface area contributed by atoms with Gasteiger partial charge in [0.1, 0.15) is 19.6 Å². The average molecular weight is 296 g/mol. The van der Waals surface area contributed by atoms with Crippen LogP contribution in [0.1, 0.15) is 0 Å². The van der Waals surface area contributed by atoms with Crippen molar-refractivity contribution in [1.29, 1.82) is 0 Å². The lowest BCUT2D eigenvalue weighted by atomic mass is 10.4. The smallest absolute Gasteiger partial charge is 0.406 e. The highest BCUT2D eigenvalue weighted by Gasteiger charge is 2.37. The summed E-state index contributed by atoms with van der Waals surface area (Å²) in [5.74, 6) is -1.77. The van der Waals surface area contributed by atoms with Crippen molar-refractivity contribution in [3.63, 3.8) is 0 Å². The molecule has 0 bridgehead atoms. The van der Waals surface area contributed by atoms with Crippen LogP contribution in [0.2, 0.25) is 0 Å². The third-order valence-corrected chi connectivity index (χ3v) is 1.71. The maximum Gasteiger partial charge on any atom is 0.406 e. The number of amides is 2. The highest BCUT2D eigenvalue weighted by atomic mass is 19.4. The van der Waals surface area contributed by atoms with Crippen LogP contribution in [-0.2, 0) is 4.79 Å². The Morgan fingerprint density at radius 1 is 1.00 bits per heavy atom. The van der Waals surface area contributed by atoms with Crippen molar-refractivity contribution in [2.45, 2.75) is 12.4 Å². The summed E-state index contributed by atoms with van der Waals surface area (Å²) in [6.45, 7) is -5.07. The van der Waals surface area contributed by atoms with Gasteiger partial charge in [-0.15, -0.1) is 0 Å². The van der Waals surface area contributed by atoms with E-state index in [4.69, 9.17) is 5.11 Å². The first-order valence-corrected chi connectivity index (χ1v) is 4.67. The molecule has 2 amide bonds. The van der Waals surface area contributed by atoms with Crippen LogP contribution in [0, 0.1) is 0 Å². The molecule has 0 aromatic rings. The van der Waals surface area contributed by atoms with E-state index in [2.05, 4.69) is 0 Å². The minimum atomic E-state index is -4.91. The van der Waals surface area contributed by atoms with E-state index in [0.717, 1.165) is 0 Å². The van der Waals surface area contributed by atoms with Gasteiger partial charge in [-0.2, -0.15) is 26.3 Å².